The van der Waals surface area contributed by atoms with Gasteiger partial charge >= 0.3 is 12.1 Å². The highest BCUT2D eigenvalue weighted by Gasteiger charge is 2.36. The van der Waals surface area contributed by atoms with Crippen LogP contribution in [0, 0.1) is 0 Å². The fraction of sp³-hybridized carbons (Fsp3) is 0.211. The zero-order valence-corrected chi connectivity index (χ0v) is 15.0. The lowest BCUT2D eigenvalue weighted by molar-refractivity contribution is -0.137. The first-order valence-corrected chi connectivity index (χ1v) is 8.39. The Kier molecular flexibility index (Phi) is 5.19. The van der Waals surface area contributed by atoms with Gasteiger partial charge in [-0.15, -0.1) is 0 Å². The monoisotopic (exact) mass is 408 g/mol. The van der Waals surface area contributed by atoms with Crippen molar-refractivity contribution in [3.63, 3.8) is 0 Å². The highest BCUT2D eigenvalue weighted by Crippen LogP contribution is 2.36. The van der Waals surface area contributed by atoms with Crippen molar-refractivity contribution < 1.29 is 37.4 Å². The normalized spacial score (nSPS) is 14.6. The van der Waals surface area contributed by atoms with E-state index in [9.17, 15) is 27.6 Å². The molecule has 0 aromatic heterocycles. The van der Waals surface area contributed by atoms with Gasteiger partial charge in [-0.2, -0.15) is 13.2 Å². The van der Waals surface area contributed by atoms with Crippen LogP contribution >= 0.6 is 0 Å². The third kappa shape index (κ3) is 4.00. The van der Waals surface area contributed by atoms with Gasteiger partial charge in [0, 0.05) is 0 Å². The van der Waals surface area contributed by atoms with Gasteiger partial charge in [-0.3, -0.25) is 14.5 Å². The van der Waals surface area contributed by atoms with Crippen LogP contribution in [0.3, 0.4) is 0 Å². The Hall–Kier alpha value is -3.56. The molecule has 2 amide bonds. The van der Waals surface area contributed by atoms with E-state index in [1.54, 1.807) is 0 Å². The second-order valence-electron chi connectivity index (χ2n) is 6.25. The van der Waals surface area contributed by atoms with Crippen LogP contribution in [0.25, 0.3) is 0 Å². The van der Waals surface area contributed by atoms with E-state index >= 15 is 0 Å². The summed E-state index contributed by atoms with van der Waals surface area (Å²) < 4.78 is 44.7. The molecule has 0 saturated heterocycles. The third-order valence-electron chi connectivity index (χ3n) is 4.34. The van der Waals surface area contributed by atoms with E-state index in [1.165, 1.54) is 37.3 Å². The van der Waals surface area contributed by atoms with Crippen molar-refractivity contribution in [2.24, 2.45) is 0 Å². The standard InChI is InChI=1S/C19H15F3N2O5/c1-10(17(26)23-13-5-3-2-4-12(13)19(20,21)22)24-14-8-11(18(27)28)6-7-15(14)29-9-16(24)25/h2-8,10H,9H2,1H3,(H,23,26)(H,27,28). The van der Waals surface area contributed by atoms with Gasteiger partial charge in [0.1, 0.15) is 11.8 Å². The van der Waals surface area contributed by atoms with Crippen molar-refractivity contribution >= 4 is 29.2 Å². The first-order chi connectivity index (χ1) is 13.6. The molecule has 29 heavy (non-hydrogen) atoms. The van der Waals surface area contributed by atoms with E-state index in [0.717, 1.165) is 17.0 Å². The molecule has 10 heteroatoms. The number of carboxylic acid groups (broad SMARTS) is 1. The van der Waals surface area contributed by atoms with Crippen LogP contribution in [-0.4, -0.2) is 35.5 Å². The summed E-state index contributed by atoms with van der Waals surface area (Å²) in [6.45, 7) is 0.933. The fourth-order valence-corrected chi connectivity index (χ4v) is 2.92. The van der Waals surface area contributed by atoms with Gasteiger partial charge in [0.15, 0.2) is 6.61 Å². The first kappa shape index (κ1) is 20.2. The lowest BCUT2D eigenvalue weighted by atomic mass is 10.1. The number of amides is 2. The Bertz CT molecular complexity index is 990. The number of anilines is 2. The Balaban J connectivity index is 1.92. The molecule has 1 aliphatic rings. The number of halogens is 3. The van der Waals surface area contributed by atoms with Crippen molar-refractivity contribution in [3.05, 3.63) is 53.6 Å². The molecule has 3 rings (SSSR count). The van der Waals surface area contributed by atoms with Crippen molar-refractivity contribution in [1.29, 1.82) is 0 Å². The predicted octanol–water partition coefficient (Wildman–Crippen LogP) is 3.16. The zero-order valence-electron chi connectivity index (χ0n) is 15.0. The quantitative estimate of drug-likeness (QED) is 0.810. The van der Waals surface area contributed by atoms with Crippen molar-refractivity contribution in [2.45, 2.75) is 19.1 Å². The lowest BCUT2D eigenvalue weighted by Gasteiger charge is -2.33. The molecule has 0 radical (unpaired) electrons. The Labute approximate surface area is 162 Å². The van der Waals surface area contributed by atoms with E-state index in [1.807, 2.05) is 0 Å². The highest BCUT2D eigenvalue weighted by atomic mass is 19.4. The number of nitrogens with zero attached hydrogens (tertiary/aromatic N) is 1. The molecular formula is C19H15F3N2O5. The molecule has 1 atom stereocenters. The minimum Gasteiger partial charge on any atom is -0.482 e. The van der Waals surface area contributed by atoms with E-state index in [4.69, 9.17) is 9.84 Å². The number of carboxylic acids is 1. The second-order valence-corrected chi connectivity index (χ2v) is 6.25. The summed E-state index contributed by atoms with van der Waals surface area (Å²) in [6.07, 6.45) is -4.68. The Morgan fingerprint density at radius 1 is 1.21 bits per heavy atom. The number of nitrogens with one attached hydrogen (secondary N) is 1. The molecule has 152 valence electrons. The highest BCUT2D eigenvalue weighted by molar-refractivity contribution is 6.07. The molecule has 7 nitrogen and oxygen atoms in total. The number of para-hydroxylation sites is 1. The molecule has 1 aliphatic heterocycles. The number of alkyl halides is 3. The van der Waals surface area contributed by atoms with Crippen LogP contribution in [0.5, 0.6) is 5.75 Å². The molecule has 0 spiro atoms. The van der Waals surface area contributed by atoms with Crippen LogP contribution in [-0.2, 0) is 15.8 Å². The molecule has 2 aromatic rings. The summed E-state index contributed by atoms with van der Waals surface area (Å²) in [4.78, 5) is 37.2. The van der Waals surface area contributed by atoms with Crippen molar-refractivity contribution in [2.75, 3.05) is 16.8 Å². The molecule has 1 unspecified atom stereocenters. The number of ether oxygens (including phenoxy) is 1. The fourth-order valence-electron chi connectivity index (χ4n) is 2.92. The SMILES string of the molecule is CC(C(=O)Nc1ccccc1C(F)(F)F)N1C(=O)COc2ccc(C(=O)O)cc21. The maximum Gasteiger partial charge on any atom is 0.418 e. The predicted molar refractivity (Wildman–Crippen MR) is 95.9 cm³/mol. The largest absolute Gasteiger partial charge is 0.482 e. The average Bonchev–Trinajstić information content (AvgIpc) is 2.66. The van der Waals surface area contributed by atoms with Crippen LogP contribution in [0.1, 0.15) is 22.8 Å². The summed E-state index contributed by atoms with van der Waals surface area (Å²) in [5.41, 5.74) is -1.56. The maximum absolute atomic E-state index is 13.1. The molecular weight excluding hydrogens is 393 g/mol. The molecule has 0 bridgehead atoms. The first-order valence-electron chi connectivity index (χ1n) is 8.39. The minimum atomic E-state index is -4.68. The van der Waals surface area contributed by atoms with E-state index in [0.29, 0.717) is 0 Å². The smallest absolute Gasteiger partial charge is 0.418 e. The number of hydrogen-bond donors (Lipinski definition) is 2. The molecule has 0 aliphatic carbocycles. The topological polar surface area (TPSA) is 95.9 Å². The van der Waals surface area contributed by atoms with Crippen molar-refractivity contribution in [3.8, 4) is 5.75 Å². The van der Waals surface area contributed by atoms with Gasteiger partial charge < -0.3 is 15.2 Å². The summed E-state index contributed by atoms with van der Waals surface area (Å²) in [5, 5.41) is 11.4. The molecule has 2 aromatic carbocycles. The number of fused-ring (bicyclic) bond motifs is 1. The van der Waals surface area contributed by atoms with Gasteiger partial charge in [-0.25, -0.2) is 4.79 Å². The van der Waals surface area contributed by atoms with Gasteiger partial charge in [-0.1, -0.05) is 12.1 Å². The van der Waals surface area contributed by atoms with Crippen LogP contribution in [0.15, 0.2) is 42.5 Å². The number of hydrogen-bond acceptors (Lipinski definition) is 4. The number of aromatic carboxylic acids is 1. The summed E-state index contributed by atoms with van der Waals surface area (Å²) >= 11 is 0. The second kappa shape index (κ2) is 7.46. The van der Waals surface area contributed by atoms with Crippen LogP contribution in [0.2, 0.25) is 0 Å². The molecule has 2 N–H and O–H groups in total. The van der Waals surface area contributed by atoms with Crippen molar-refractivity contribution in [1.82, 2.24) is 0 Å². The molecule has 0 fully saturated rings. The number of carbonyl (C=O) groups excluding carboxylic acids is 2. The maximum atomic E-state index is 13.1. The van der Waals surface area contributed by atoms with E-state index in [-0.39, 0.29) is 17.0 Å². The zero-order chi connectivity index (χ0) is 21.3. The van der Waals surface area contributed by atoms with Crippen LogP contribution in [0.4, 0.5) is 24.5 Å². The molecule has 0 saturated carbocycles. The average molecular weight is 408 g/mol. The summed E-state index contributed by atoms with van der Waals surface area (Å²) in [5.74, 6) is -2.57. The lowest BCUT2D eigenvalue weighted by Crippen LogP contribution is -2.49. The summed E-state index contributed by atoms with van der Waals surface area (Å²) in [6, 6.07) is 7.03. The minimum absolute atomic E-state index is 0.0490. The molecule has 1 heterocycles. The van der Waals surface area contributed by atoms with Gasteiger partial charge in [0.05, 0.1) is 22.5 Å². The number of rotatable bonds is 4. The van der Waals surface area contributed by atoms with E-state index < -0.39 is 47.9 Å². The third-order valence-corrected chi connectivity index (χ3v) is 4.34. The van der Waals surface area contributed by atoms with Gasteiger partial charge in [-0.05, 0) is 37.3 Å². The number of carbonyl (C=O) groups is 3. The van der Waals surface area contributed by atoms with Gasteiger partial charge in [0.25, 0.3) is 5.91 Å². The number of benzene rings is 2. The summed E-state index contributed by atoms with van der Waals surface area (Å²) in [7, 11) is 0. The Morgan fingerprint density at radius 3 is 2.55 bits per heavy atom. The van der Waals surface area contributed by atoms with Crippen LogP contribution < -0.4 is 15.0 Å². The Morgan fingerprint density at radius 2 is 1.90 bits per heavy atom. The van der Waals surface area contributed by atoms with E-state index in [2.05, 4.69) is 5.32 Å². The van der Waals surface area contributed by atoms with Gasteiger partial charge in [0.2, 0.25) is 5.91 Å².